The first kappa shape index (κ1) is 28.5. The van der Waals surface area contributed by atoms with Gasteiger partial charge in [0, 0.05) is 23.4 Å². The highest BCUT2D eigenvalue weighted by Crippen LogP contribution is 2.21. The summed E-state index contributed by atoms with van der Waals surface area (Å²) in [5, 5.41) is 3.97. The van der Waals surface area contributed by atoms with E-state index < -0.39 is 22.6 Å². The molecule has 3 N–H and O–H groups in total. The van der Waals surface area contributed by atoms with Gasteiger partial charge in [-0.05, 0) is 69.7 Å². The Morgan fingerprint density at radius 1 is 1.00 bits per heavy atom. The van der Waals surface area contributed by atoms with Crippen molar-refractivity contribution < 1.29 is 23.1 Å². The minimum atomic E-state index is -1.56. The summed E-state index contributed by atoms with van der Waals surface area (Å²) in [6, 6.07) is 21.0. The van der Waals surface area contributed by atoms with Crippen molar-refractivity contribution in [2.45, 2.75) is 44.7 Å². The maximum atomic E-state index is 13.3. The van der Waals surface area contributed by atoms with Gasteiger partial charge in [0.1, 0.15) is 12.1 Å². The fourth-order valence-corrected chi connectivity index (χ4v) is 4.44. The summed E-state index contributed by atoms with van der Waals surface area (Å²) in [5.74, 6) is -0.535. The Balaban J connectivity index is 1.46. The van der Waals surface area contributed by atoms with Crippen LogP contribution in [0, 0.1) is 6.92 Å². The van der Waals surface area contributed by atoms with Crippen LogP contribution in [0.15, 0.2) is 82.2 Å². The van der Waals surface area contributed by atoms with Gasteiger partial charge in [-0.3, -0.25) is 14.3 Å². The molecule has 0 saturated heterocycles. The van der Waals surface area contributed by atoms with Crippen molar-refractivity contribution in [1.29, 1.82) is 0 Å². The van der Waals surface area contributed by atoms with E-state index in [0.717, 1.165) is 11.1 Å². The number of benzene rings is 3. The standard InChI is InChI=1S/C29H31N5O5S/c1-19-5-15-24(16-6-19)40(37)33-28-31-26(32-39-28)21-9-7-20(8-10-21)17-34(18-25(35)38-29(2,3)4)27(36)22-11-13-23(30)14-12-22/h5-16H,17-18,30H2,1-4H3,(H,31,32,33). The normalized spacial score (nSPS) is 12.0. The lowest BCUT2D eigenvalue weighted by Crippen LogP contribution is -2.38. The van der Waals surface area contributed by atoms with Crippen LogP contribution in [-0.4, -0.2) is 43.3 Å². The van der Waals surface area contributed by atoms with E-state index in [2.05, 4.69) is 14.9 Å². The Morgan fingerprint density at radius 3 is 2.27 bits per heavy atom. The van der Waals surface area contributed by atoms with E-state index in [-0.39, 0.29) is 25.0 Å². The number of nitrogens with zero attached hydrogens (tertiary/aromatic N) is 3. The number of hydrogen-bond acceptors (Lipinski definition) is 8. The van der Waals surface area contributed by atoms with Crippen LogP contribution >= 0.6 is 0 Å². The molecule has 0 bridgehead atoms. The lowest BCUT2D eigenvalue weighted by atomic mass is 10.1. The van der Waals surface area contributed by atoms with Gasteiger partial charge in [-0.15, -0.1) is 0 Å². The number of nitrogens with one attached hydrogen (secondary N) is 1. The molecule has 4 aromatic rings. The number of aromatic nitrogens is 2. The topological polar surface area (TPSA) is 141 Å². The molecule has 0 spiro atoms. The number of hydrogen-bond donors (Lipinski definition) is 2. The summed E-state index contributed by atoms with van der Waals surface area (Å²) in [6.45, 7) is 7.21. The highest BCUT2D eigenvalue weighted by atomic mass is 32.2. The molecule has 1 amide bonds. The Bertz CT molecular complexity index is 1490. The lowest BCUT2D eigenvalue weighted by molar-refractivity contribution is -0.155. The Labute approximate surface area is 235 Å². The highest BCUT2D eigenvalue weighted by molar-refractivity contribution is 7.86. The number of nitrogen functional groups attached to an aromatic ring is 1. The molecule has 0 radical (unpaired) electrons. The van der Waals surface area contributed by atoms with E-state index in [1.807, 2.05) is 31.2 Å². The first-order valence-electron chi connectivity index (χ1n) is 12.5. The van der Waals surface area contributed by atoms with Gasteiger partial charge in [-0.2, -0.15) is 4.98 Å². The van der Waals surface area contributed by atoms with Crippen LogP contribution in [0.2, 0.25) is 0 Å². The summed E-state index contributed by atoms with van der Waals surface area (Å²) in [4.78, 5) is 32.1. The van der Waals surface area contributed by atoms with Gasteiger partial charge >= 0.3 is 12.0 Å². The fourth-order valence-electron chi connectivity index (χ4n) is 3.70. The molecule has 0 fully saturated rings. The van der Waals surface area contributed by atoms with Crippen molar-refractivity contribution in [2.24, 2.45) is 0 Å². The number of anilines is 2. The largest absolute Gasteiger partial charge is 0.459 e. The van der Waals surface area contributed by atoms with Crippen LogP contribution < -0.4 is 10.5 Å². The molecule has 0 saturated carbocycles. The van der Waals surface area contributed by atoms with E-state index in [9.17, 15) is 13.8 Å². The highest BCUT2D eigenvalue weighted by Gasteiger charge is 2.23. The summed E-state index contributed by atoms with van der Waals surface area (Å²) in [6.07, 6.45) is 0. The molecule has 208 valence electrons. The number of aryl methyl sites for hydroxylation is 1. The molecule has 0 aliphatic heterocycles. The molecule has 11 heteroatoms. The fraction of sp³-hybridized carbons (Fsp3) is 0.241. The molecule has 0 aliphatic rings. The summed E-state index contributed by atoms with van der Waals surface area (Å²) in [5.41, 5.74) is 8.52. The van der Waals surface area contributed by atoms with Crippen molar-refractivity contribution in [2.75, 3.05) is 17.0 Å². The maximum absolute atomic E-state index is 13.3. The molecule has 40 heavy (non-hydrogen) atoms. The predicted octanol–water partition coefficient (Wildman–Crippen LogP) is 4.75. The zero-order valence-electron chi connectivity index (χ0n) is 22.7. The van der Waals surface area contributed by atoms with Crippen molar-refractivity contribution in [3.63, 3.8) is 0 Å². The van der Waals surface area contributed by atoms with E-state index in [1.54, 1.807) is 69.3 Å². The van der Waals surface area contributed by atoms with Crippen LogP contribution in [-0.2, 0) is 27.1 Å². The van der Waals surface area contributed by atoms with Crippen LogP contribution in [0.4, 0.5) is 11.7 Å². The third-order valence-corrected chi connectivity index (χ3v) is 6.67. The second-order valence-corrected chi connectivity index (χ2v) is 11.4. The summed E-state index contributed by atoms with van der Waals surface area (Å²) < 4.78 is 25.9. The quantitative estimate of drug-likeness (QED) is 0.220. The molecule has 3 aromatic carbocycles. The van der Waals surface area contributed by atoms with Crippen molar-refractivity contribution in [1.82, 2.24) is 15.0 Å². The number of esters is 1. The first-order chi connectivity index (χ1) is 19.0. The molecular weight excluding hydrogens is 530 g/mol. The molecule has 1 aromatic heterocycles. The number of amides is 1. The van der Waals surface area contributed by atoms with Gasteiger partial charge in [-0.25, -0.2) is 4.21 Å². The molecular formula is C29H31N5O5S. The van der Waals surface area contributed by atoms with Crippen LogP contribution in [0.25, 0.3) is 11.4 Å². The average molecular weight is 562 g/mol. The number of nitrogens with two attached hydrogens (primary N) is 1. The smallest absolute Gasteiger partial charge is 0.333 e. The first-order valence-corrected chi connectivity index (χ1v) is 13.7. The predicted molar refractivity (Wildman–Crippen MR) is 152 cm³/mol. The number of carbonyl (C=O) groups is 2. The van der Waals surface area contributed by atoms with Crippen molar-refractivity contribution in [3.05, 3.63) is 89.5 Å². The van der Waals surface area contributed by atoms with E-state index in [0.29, 0.717) is 27.5 Å². The second-order valence-electron chi connectivity index (χ2n) is 10.2. The van der Waals surface area contributed by atoms with Crippen LogP contribution in [0.1, 0.15) is 42.3 Å². The molecule has 0 aliphatic carbocycles. The molecule has 1 atom stereocenters. The monoisotopic (exact) mass is 561 g/mol. The van der Waals surface area contributed by atoms with Crippen molar-refractivity contribution in [3.8, 4) is 11.4 Å². The Kier molecular flexibility index (Phi) is 8.64. The molecule has 1 heterocycles. The van der Waals surface area contributed by atoms with Gasteiger partial charge < -0.3 is 19.9 Å². The van der Waals surface area contributed by atoms with Gasteiger partial charge in [0.2, 0.25) is 5.82 Å². The third kappa shape index (κ3) is 7.76. The number of ether oxygens (including phenoxy) is 1. The maximum Gasteiger partial charge on any atom is 0.333 e. The average Bonchev–Trinajstić information content (AvgIpc) is 3.36. The van der Waals surface area contributed by atoms with E-state index >= 15 is 0 Å². The van der Waals surface area contributed by atoms with Crippen molar-refractivity contribution >= 4 is 34.6 Å². The number of carbonyl (C=O) groups excluding carboxylic acids is 2. The van der Waals surface area contributed by atoms with Crippen LogP contribution in [0.3, 0.4) is 0 Å². The zero-order chi connectivity index (χ0) is 28.9. The second kappa shape index (κ2) is 12.1. The van der Waals surface area contributed by atoms with Crippen LogP contribution in [0.5, 0.6) is 0 Å². The van der Waals surface area contributed by atoms with E-state index in [1.165, 1.54) is 4.90 Å². The minimum Gasteiger partial charge on any atom is -0.459 e. The molecule has 4 rings (SSSR count). The van der Waals surface area contributed by atoms with Gasteiger partial charge in [0.25, 0.3) is 5.91 Å². The summed E-state index contributed by atoms with van der Waals surface area (Å²) >= 11 is 0. The molecule has 10 nitrogen and oxygen atoms in total. The number of rotatable bonds is 9. The zero-order valence-corrected chi connectivity index (χ0v) is 23.5. The van der Waals surface area contributed by atoms with Gasteiger partial charge in [-0.1, -0.05) is 47.1 Å². The molecule has 1 unspecified atom stereocenters. The SMILES string of the molecule is Cc1ccc(S(=O)Nc2nc(-c3ccc(CN(CC(=O)OC(C)(C)C)C(=O)c4ccc(N)cc4)cc3)no2)cc1. The third-order valence-electron chi connectivity index (χ3n) is 5.61. The van der Waals surface area contributed by atoms with E-state index in [4.69, 9.17) is 15.0 Å². The Hall–Kier alpha value is -4.51. The van der Waals surface area contributed by atoms with Gasteiger partial charge in [0.15, 0.2) is 11.0 Å². The Morgan fingerprint density at radius 2 is 1.65 bits per heavy atom. The summed E-state index contributed by atoms with van der Waals surface area (Å²) in [7, 11) is -1.56. The lowest BCUT2D eigenvalue weighted by Gasteiger charge is -2.25. The van der Waals surface area contributed by atoms with Gasteiger partial charge in [0.05, 0.1) is 4.90 Å². The minimum absolute atomic E-state index is 0.0237.